The van der Waals surface area contributed by atoms with Crippen molar-refractivity contribution in [3.63, 3.8) is 0 Å². The molecule has 2 aromatic heterocycles. The summed E-state index contributed by atoms with van der Waals surface area (Å²) in [5, 5.41) is 0.608. The molecular weight excluding hydrogens is 448 g/mol. The first-order valence-corrected chi connectivity index (χ1v) is 12.3. The molecule has 32 heavy (non-hydrogen) atoms. The van der Waals surface area contributed by atoms with Crippen LogP contribution in [0.15, 0.2) is 26.8 Å². The van der Waals surface area contributed by atoms with Gasteiger partial charge in [0.05, 0.1) is 23.4 Å². The highest BCUT2D eigenvalue weighted by Crippen LogP contribution is 2.46. The van der Waals surface area contributed by atoms with E-state index in [-0.39, 0.29) is 28.9 Å². The molecule has 8 nitrogen and oxygen atoms in total. The van der Waals surface area contributed by atoms with Crippen molar-refractivity contribution >= 4 is 35.1 Å². The Morgan fingerprint density at radius 2 is 2.03 bits per heavy atom. The van der Waals surface area contributed by atoms with Crippen molar-refractivity contribution in [3.8, 4) is 0 Å². The molecule has 2 saturated heterocycles. The van der Waals surface area contributed by atoms with Crippen molar-refractivity contribution in [1.82, 2.24) is 14.5 Å². The van der Waals surface area contributed by atoms with E-state index in [9.17, 15) is 4.79 Å². The average molecular weight is 477 g/mol. The minimum Gasteiger partial charge on any atom is -0.382 e. The fourth-order valence-electron chi connectivity index (χ4n) is 4.86. The number of hydrogen-bond donors (Lipinski definition) is 2. The van der Waals surface area contributed by atoms with Crippen LogP contribution in [0.25, 0.3) is 0 Å². The molecule has 5 rings (SSSR count). The van der Waals surface area contributed by atoms with Crippen LogP contribution in [0, 0.1) is 5.41 Å². The van der Waals surface area contributed by atoms with E-state index in [0.29, 0.717) is 28.4 Å². The van der Waals surface area contributed by atoms with Crippen LogP contribution in [-0.2, 0) is 11.8 Å². The highest BCUT2D eigenvalue weighted by atomic mass is 35.5. The number of ether oxygens (including phenoxy) is 1. The van der Waals surface area contributed by atoms with Crippen LogP contribution < -0.4 is 21.9 Å². The van der Waals surface area contributed by atoms with Gasteiger partial charge in [0.1, 0.15) is 10.7 Å². The predicted molar refractivity (Wildman–Crippen MR) is 127 cm³/mol. The predicted octanol–water partition coefficient (Wildman–Crippen LogP) is 2.77. The summed E-state index contributed by atoms with van der Waals surface area (Å²) in [4.78, 5) is 25.6. The number of anilines is 2. The summed E-state index contributed by atoms with van der Waals surface area (Å²) < 4.78 is 7.40. The maximum atomic E-state index is 13.2. The van der Waals surface area contributed by atoms with Gasteiger partial charge in [-0.25, -0.2) is 0 Å². The van der Waals surface area contributed by atoms with Crippen molar-refractivity contribution in [3.05, 3.63) is 33.3 Å². The van der Waals surface area contributed by atoms with Gasteiger partial charge in [-0.05, 0) is 38.7 Å². The van der Waals surface area contributed by atoms with E-state index < -0.39 is 0 Å². The average Bonchev–Trinajstić information content (AvgIpc) is 3.60. The van der Waals surface area contributed by atoms with Crippen LogP contribution in [0.5, 0.6) is 0 Å². The third-order valence-corrected chi connectivity index (χ3v) is 8.85. The van der Waals surface area contributed by atoms with Crippen LogP contribution in [-0.4, -0.2) is 46.4 Å². The van der Waals surface area contributed by atoms with E-state index in [1.165, 1.54) is 11.8 Å². The minimum atomic E-state index is -0.173. The van der Waals surface area contributed by atoms with Crippen LogP contribution in [0.1, 0.15) is 44.2 Å². The Kier molecular flexibility index (Phi) is 5.64. The maximum absolute atomic E-state index is 13.2. The van der Waals surface area contributed by atoms with Gasteiger partial charge in [0.25, 0.3) is 5.56 Å². The van der Waals surface area contributed by atoms with Crippen LogP contribution in [0.4, 0.5) is 11.8 Å². The number of halogens is 1. The summed E-state index contributed by atoms with van der Waals surface area (Å²) in [7, 11) is 1.74. The molecule has 2 aliphatic heterocycles. The maximum Gasteiger partial charge on any atom is 0.270 e. The molecule has 2 aromatic rings. The lowest BCUT2D eigenvalue weighted by molar-refractivity contribution is 0.0973. The topological polar surface area (TPSA) is 112 Å². The molecular formula is C22H29ClN6O2S. The zero-order chi connectivity index (χ0) is 22.6. The van der Waals surface area contributed by atoms with E-state index in [1.54, 1.807) is 17.8 Å². The summed E-state index contributed by atoms with van der Waals surface area (Å²) in [6.45, 7) is 4.26. The zero-order valence-electron chi connectivity index (χ0n) is 18.4. The standard InChI is InChI=1S/C22H29ClN6O2S/c1-12-18(24)22(11-31-12)6-9-29(10-7-22)21-27-19(25)17(20(30)28(21)2)32-14-5-8-26-16(15(14)23)13-3-4-13/h5,8,12-13,18H,3-4,6-7,9-11,24-25H2,1-2H3/t12-,18+/m0/s1. The molecule has 3 fully saturated rings. The molecule has 4 N–H and O–H groups in total. The largest absolute Gasteiger partial charge is 0.382 e. The Hall–Kier alpha value is -1.81. The smallest absolute Gasteiger partial charge is 0.270 e. The van der Waals surface area contributed by atoms with Crippen molar-refractivity contribution in [2.45, 2.75) is 60.5 Å². The zero-order valence-corrected chi connectivity index (χ0v) is 20.0. The van der Waals surface area contributed by atoms with E-state index in [0.717, 1.165) is 49.4 Å². The number of hydrogen-bond acceptors (Lipinski definition) is 8. The molecule has 0 amide bonds. The highest BCUT2D eigenvalue weighted by molar-refractivity contribution is 7.99. The normalized spacial score (nSPS) is 24.9. The van der Waals surface area contributed by atoms with Crippen molar-refractivity contribution in [1.29, 1.82) is 0 Å². The SMILES string of the molecule is C[C@@H]1OCC2(CCN(c3nc(N)c(Sc4ccnc(C5CC5)c4Cl)c(=O)n3C)CC2)[C@@H]1N. The van der Waals surface area contributed by atoms with Gasteiger partial charge in [-0.3, -0.25) is 14.3 Å². The Balaban J connectivity index is 1.38. The fourth-order valence-corrected chi connectivity index (χ4v) is 6.16. The van der Waals surface area contributed by atoms with Gasteiger partial charge in [0.15, 0.2) is 0 Å². The first-order valence-electron chi connectivity index (χ1n) is 11.1. The lowest BCUT2D eigenvalue weighted by Gasteiger charge is -2.41. The number of nitrogen functional groups attached to an aromatic ring is 1. The molecule has 2 atom stereocenters. The van der Waals surface area contributed by atoms with Gasteiger partial charge in [-0.2, -0.15) is 4.98 Å². The molecule has 0 aromatic carbocycles. The molecule has 0 bridgehead atoms. The van der Waals surface area contributed by atoms with Crippen molar-refractivity contribution < 1.29 is 4.74 Å². The summed E-state index contributed by atoms with van der Waals surface area (Å²) >= 11 is 7.86. The van der Waals surface area contributed by atoms with Crippen LogP contribution >= 0.6 is 23.4 Å². The van der Waals surface area contributed by atoms with E-state index in [2.05, 4.69) is 14.9 Å². The van der Waals surface area contributed by atoms with Gasteiger partial charge < -0.3 is 21.1 Å². The monoisotopic (exact) mass is 476 g/mol. The summed E-state index contributed by atoms with van der Waals surface area (Å²) in [5.74, 6) is 1.24. The molecule has 172 valence electrons. The number of pyridine rings is 1. The highest BCUT2D eigenvalue weighted by Gasteiger charge is 2.47. The Labute approximate surface area is 196 Å². The third kappa shape index (κ3) is 3.69. The second kappa shape index (κ2) is 8.20. The molecule has 3 aliphatic rings. The van der Waals surface area contributed by atoms with Crippen LogP contribution in [0.2, 0.25) is 5.02 Å². The number of rotatable bonds is 4. The Morgan fingerprint density at radius 1 is 1.31 bits per heavy atom. The van der Waals surface area contributed by atoms with Gasteiger partial charge in [-0.1, -0.05) is 23.4 Å². The fraction of sp³-hybridized carbons (Fsp3) is 0.591. The van der Waals surface area contributed by atoms with Crippen molar-refractivity contribution in [2.75, 3.05) is 30.3 Å². The Morgan fingerprint density at radius 3 is 2.66 bits per heavy atom. The third-order valence-electron chi connectivity index (χ3n) is 7.20. The summed E-state index contributed by atoms with van der Waals surface area (Å²) in [5.41, 5.74) is 13.5. The molecule has 0 unspecified atom stereocenters. The summed E-state index contributed by atoms with van der Waals surface area (Å²) in [6.07, 6.45) is 5.84. The molecule has 1 saturated carbocycles. The van der Waals surface area contributed by atoms with Crippen molar-refractivity contribution in [2.24, 2.45) is 18.2 Å². The quantitative estimate of drug-likeness (QED) is 0.692. The second-order valence-corrected chi connectivity index (χ2v) is 10.7. The lowest BCUT2D eigenvalue weighted by atomic mass is 9.73. The van der Waals surface area contributed by atoms with Gasteiger partial charge in [0, 0.05) is 48.6 Å². The van der Waals surface area contributed by atoms with Gasteiger partial charge in [-0.15, -0.1) is 0 Å². The van der Waals surface area contributed by atoms with E-state index >= 15 is 0 Å². The number of nitrogens with two attached hydrogens (primary N) is 2. The minimum absolute atomic E-state index is 0.00742. The van der Waals surface area contributed by atoms with Gasteiger partial charge in [0.2, 0.25) is 5.95 Å². The molecule has 1 spiro atoms. The van der Waals surface area contributed by atoms with E-state index in [4.69, 9.17) is 27.8 Å². The van der Waals surface area contributed by atoms with Crippen LogP contribution in [0.3, 0.4) is 0 Å². The lowest BCUT2D eigenvalue weighted by Crippen LogP contribution is -2.51. The summed E-state index contributed by atoms with van der Waals surface area (Å²) in [6, 6.07) is 1.86. The first-order chi connectivity index (χ1) is 15.3. The molecule has 1 aliphatic carbocycles. The van der Waals surface area contributed by atoms with Gasteiger partial charge >= 0.3 is 0 Å². The van der Waals surface area contributed by atoms with E-state index in [1.807, 2.05) is 13.0 Å². The molecule has 4 heterocycles. The first kappa shape index (κ1) is 22.0. The molecule has 10 heteroatoms. The second-order valence-electron chi connectivity index (χ2n) is 9.27. The number of aromatic nitrogens is 3. The molecule has 0 radical (unpaired) electrons. The number of piperidine rings is 1. The Bertz CT molecular complexity index is 1100. The number of nitrogens with zero attached hydrogens (tertiary/aromatic N) is 4.